The third-order valence-corrected chi connectivity index (χ3v) is 10.7. The van der Waals surface area contributed by atoms with Gasteiger partial charge in [-0.15, -0.1) is 0 Å². The predicted molar refractivity (Wildman–Crippen MR) is 149 cm³/mol. The van der Waals surface area contributed by atoms with Crippen LogP contribution >= 0.6 is 7.60 Å². The van der Waals surface area contributed by atoms with Crippen LogP contribution in [-0.4, -0.2) is 13.2 Å². The van der Waals surface area contributed by atoms with E-state index in [1.165, 1.54) is 12.0 Å². The van der Waals surface area contributed by atoms with Crippen molar-refractivity contribution in [1.82, 2.24) is 0 Å². The van der Waals surface area contributed by atoms with Crippen molar-refractivity contribution in [2.45, 2.75) is 57.2 Å². The molecule has 4 nitrogen and oxygen atoms in total. The monoisotopic (exact) mass is 526 g/mol. The average molecular weight is 527 g/mol. The molecule has 3 fully saturated rings. The molecule has 3 heterocycles. The minimum absolute atomic E-state index is 0.172. The molecule has 3 aromatic carbocycles. The lowest BCUT2D eigenvalue weighted by atomic mass is 9.51. The van der Waals surface area contributed by atoms with Crippen molar-refractivity contribution < 1.29 is 18.3 Å². The van der Waals surface area contributed by atoms with Gasteiger partial charge < -0.3 is 13.8 Å². The molecule has 1 aliphatic carbocycles. The molecule has 2 saturated heterocycles. The number of fused-ring (bicyclic) bond motifs is 6. The van der Waals surface area contributed by atoms with Crippen LogP contribution in [0.5, 0.6) is 0 Å². The van der Waals surface area contributed by atoms with Crippen molar-refractivity contribution in [3.05, 3.63) is 119 Å². The second kappa shape index (κ2) is 8.50. The minimum Gasteiger partial charge on any atom is -0.344 e. The highest BCUT2D eigenvalue weighted by atomic mass is 31.2. The van der Waals surface area contributed by atoms with Crippen LogP contribution in [0.1, 0.15) is 68.2 Å². The Morgan fingerprint density at radius 2 is 1.26 bits per heavy atom. The zero-order chi connectivity index (χ0) is 26.1. The molecule has 196 valence electrons. The third-order valence-electron chi connectivity index (χ3n) is 9.19. The van der Waals surface area contributed by atoms with E-state index in [0.717, 1.165) is 47.9 Å². The van der Waals surface area contributed by atoms with E-state index in [0.29, 0.717) is 13.2 Å². The first-order chi connectivity index (χ1) is 18.4. The summed E-state index contributed by atoms with van der Waals surface area (Å²) in [4.78, 5) is 0. The SMILES string of the molecule is CC1(C)COP(=O)(/C=C2\C3(CCCCC3)[C@@]3(c4ccccc4)O[C@]2(c2ccccc2)c2ccccc23)OC1. The molecule has 0 radical (unpaired) electrons. The van der Waals surface area contributed by atoms with Crippen LogP contribution in [0.3, 0.4) is 0 Å². The molecule has 2 atom stereocenters. The van der Waals surface area contributed by atoms with E-state index < -0.39 is 18.8 Å². The molecule has 1 saturated carbocycles. The summed E-state index contributed by atoms with van der Waals surface area (Å²) < 4.78 is 34.1. The Bertz CT molecular complexity index is 1430. The minimum atomic E-state index is -3.50. The molecule has 3 aliphatic heterocycles. The van der Waals surface area contributed by atoms with Gasteiger partial charge in [-0.2, -0.15) is 0 Å². The van der Waals surface area contributed by atoms with Gasteiger partial charge in [-0.05, 0) is 40.7 Å². The second-order valence-corrected chi connectivity index (χ2v) is 14.0. The van der Waals surface area contributed by atoms with Gasteiger partial charge >= 0.3 is 7.60 Å². The summed E-state index contributed by atoms with van der Waals surface area (Å²) in [5.41, 5.74) is 3.51. The molecule has 38 heavy (non-hydrogen) atoms. The van der Waals surface area contributed by atoms with E-state index in [4.69, 9.17) is 13.8 Å². The Morgan fingerprint density at radius 1 is 0.711 bits per heavy atom. The summed E-state index contributed by atoms with van der Waals surface area (Å²) in [6.07, 6.45) is 5.31. The number of hydrogen-bond acceptors (Lipinski definition) is 4. The molecule has 3 aromatic rings. The lowest BCUT2D eigenvalue weighted by Crippen LogP contribution is -2.47. The van der Waals surface area contributed by atoms with Gasteiger partial charge in [0.2, 0.25) is 0 Å². The fraction of sp³-hybridized carbons (Fsp3) is 0.394. The van der Waals surface area contributed by atoms with E-state index in [-0.39, 0.29) is 10.8 Å². The van der Waals surface area contributed by atoms with Crippen molar-refractivity contribution in [3.63, 3.8) is 0 Å². The third kappa shape index (κ3) is 3.24. The average Bonchev–Trinajstić information content (AvgIpc) is 3.40. The first-order valence-corrected chi connectivity index (χ1v) is 15.5. The first-order valence-electron chi connectivity index (χ1n) is 13.9. The lowest BCUT2D eigenvalue weighted by molar-refractivity contribution is -0.0811. The number of hydrogen-bond donors (Lipinski definition) is 0. The van der Waals surface area contributed by atoms with Gasteiger partial charge in [0.1, 0.15) is 11.2 Å². The van der Waals surface area contributed by atoms with Crippen molar-refractivity contribution in [2.75, 3.05) is 13.2 Å². The quantitative estimate of drug-likeness (QED) is 0.322. The molecule has 1 spiro atoms. The molecule has 0 amide bonds. The molecule has 5 heteroatoms. The number of rotatable bonds is 3. The molecule has 0 N–H and O–H groups in total. The fourth-order valence-corrected chi connectivity index (χ4v) is 9.59. The van der Waals surface area contributed by atoms with Gasteiger partial charge in [0.25, 0.3) is 0 Å². The van der Waals surface area contributed by atoms with Gasteiger partial charge in [-0.3, -0.25) is 4.57 Å². The molecular weight excluding hydrogens is 491 g/mol. The summed E-state index contributed by atoms with van der Waals surface area (Å²) in [5, 5.41) is 0. The molecular formula is C33H35O4P. The highest BCUT2D eigenvalue weighted by molar-refractivity contribution is 7.57. The van der Waals surface area contributed by atoms with Crippen LogP contribution in [-0.2, 0) is 29.6 Å². The van der Waals surface area contributed by atoms with Crippen LogP contribution in [0.15, 0.2) is 96.3 Å². The predicted octanol–water partition coefficient (Wildman–Crippen LogP) is 8.32. The van der Waals surface area contributed by atoms with Crippen LogP contribution in [0.4, 0.5) is 0 Å². The van der Waals surface area contributed by atoms with Crippen LogP contribution in [0.25, 0.3) is 0 Å². The maximum absolute atomic E-state index is 14.3. The Hall–Kier alpha value is -2.49. The Morgan fingerprint density at radius 3 is 1.89 bits per heavy atom. The normalized spacial score (nSPS) is 31.4. The highest BCUT2D eigenvalue weighted by Gasteiger charge is 2.75. The van der Waals surface area contributed by atoms with Crippen LogP contribution < -0.4 is 0 Å². The zero-order valence-electron chi connectivity index (χ0n) is 22.2. The summed E-state index contributed by atoms with van der Waals surface area (Å²) in [7, 11) is -3.50. The summed E-state index contributed by atoms with van der Waals surface area (Å²) >= 11 is 0. The van der Waals surface area contributed by atoms with Crippen molar-refractivity contribution >= 4 is 7.60 Å². The van der Waals surface area contributed by atoms with Gasteiger partial charge in [-0.1, -0.05) is 118 Å². The summed E-state index contributed by atoms with van der Waals surface area (Å²) in [5.74, 6) is 1.89. The second-order valence-electron chi connectivity index (χ2n) is 12.2. The van der Waals surface area contributed by atoms with Gasteiger partial charge in [0, 0.05) is 16.6 Å². The Labute approximate surface area is 225 Å². The van der Waals surface area contributed by atoms with Crippen LogP contribution in [0.2, 0.25) is 0 Å². The molecule has 7 rings (SSSR count). The topological polar surface area (TPSA) is 44.8 Å². The van der Waals surface area contributed by atoms with E-state index in [1.54, 1.807) is 0 Å². The lowest BCUT2D eigenvalue weighted by Gasteiger charge is -2.50. The van der Waals surface area contributed by atoms with Crippen molar-refractivity contribution in [1.29, 1.82) is 0 Å². The fourth-order valence-electron chi connectivity index (χ4n) is 7.56. The summed E-state index contributed by atoms with van der Waals surface area (Å²) in [6, 6.07) is 29.8. The molecule has 2 bridgehead atoms. The number of benzene rings is 3. The van der Waals surface area contributed by atoms with Gasteiger partial charge in [-0.25, -0.2) is 0 Å². The molecule has 0 unspecified atom stereocenters. The maximum atomic E-state index is 14.3. The Balaban J connectivity index is 1.57. The van der Waals surface area contributed by atoms with Crippen LogP contribution in [0, 0.1) is 10.8 Å². The largest absolute Gasteiger partial charge is 0.354 e. The molecule has 0 aromatic heterocycles. The summed E-state index contributed by atoms with van der Waals surface area (Å²) in [6.45, 7) is 4.97. The van der Waals surface area contributed by atoms with E-state index >= 15 is 0 Å². The van der Waals surface area contributed by atoms with Gasteiger partial charge in [0.05, 0.1) is 13.2 Å². The standard InChI is InChI=1S/C33H35O4P/c1-30(2)23-35-38(34,36-24-30)22-29-31(20-12-5-13-21-31)33(26-16-8-4-9-17-26)28-19-11-10-18-27(28)32(29,37-33)25-14-6-3-7-15-25/h3-4,6-11,14-19,22H,5,12-13,20-21,23-24H2,1-2H3/b29-22+/t32-,33+/m1/s1. The number of ether oxygens (including phenoxy) is 1. The first kappa shape index (κ1) is 24.5. The van der Waals surface area contributed by atoms with E-state index in [1.807, 2.05) is 11.9 Å². The van der Waals surface area contributed by atoms with Crippen molar-refractivity contribution in [2.24, 2.45) is 10.8 Å². The Kier molecular flexibility index (Phi) is 5.49. The van der Waals surface area contributed by atoms with E-state index in [2.05, 4.69) is 92.7 Å². The molecule has 4 aliphatic rings. The van der Waals surface area contributed by atoms with Crippen molar-refractivity contribution in [3.8, 4) is 0 Å². The smallest absolute Gasteiger partial charge is 0.344 e. The zero-order valence-corrected chi connectivity index (χ0v) is 23.1. The maximum Gasteiger partial charge on any atom is 0.354 e. The van der Waals surface area contributed by atoms with Gasteiger partial charge in [0.15, 0.2) is 0 Å². The highest BCUT2D eigenvalue weighted by Crippen LogP contribution is 2.78. The van der Waals surface area contributed by atoms with E-state index in [9.17, 15) is 4.57 Å².